The Hall–Kier alpha value is -4.14. The van der Waals surface area contributed by atoms with Crippen LogP contribution in [0.1, 0.15) is 0 Å². The third kappa shape index (κ3) is 2.76. The summed E-state index contributed by atoms with van der Waals surface area (Å²) < 4.78 is 3.51. The SMILES string of the molecule is Brc1ccc2c(c1)c1c3ccc4cccc5ccc(cc1n2-c1ccc(-c2ccccc2)cc1)c3c54. The zero-order valence-electron chi connectivity index (χ0n) is 19.4. The van der Waals surface area contributed by atoms with Gasteiger partial charge in [0.15, 0.2) is 0 Å². The largest absolute Gasteiger partial charge is 0.309 e. The van der Waals surface area contributed by atoms with Crippen LogP contribution in [0.25, 0.3) is 70.9 Å². The molecule has 0 atom stereocenters. The summed E-state index contributed by atoms with van der Waals surface area (Å²) in [5.41, 5.74) is 6.09. The van der Waals surface area contributed by atoms with Crippen LogP contribution in [-0.4, -0.2) is 4.57 Å². The highest BCUT2D eigenvalue weighted by molar-refractivity contribution is 9.10. The van der Waals surface area contributed by atoms with E-state index in [2.05, 4.69) is 142 Å². The summed E-state index contributed by atoms with van der Waals surface area (Å²) in [4.78, 5) is 0. The molecular formula is C34H20BrN. The maximum absolute atomic E-state index is 3.74. The summed E-state index contributed by atoms with van der Waals surface area (Å²) in [6.07, 6.45) is 0. The van der Waals surface area contributed by atoms with Gasteiger partial charge >= 0.3 is 0 Å². The van der Waals surface area contributed by atoms with Crippen molar-refractivity contribution in [2.24, 2.45) is 0 Å². The smallest absolute Gasteiger partial charge is 0.0553 e. The molecule has 36 heavy (non-hydrogen) atoms. The van der Waals surface area contributed by atoms with Crippen LogP contribution < -0.4 is 0 Å². The number of hydrogen-bond donors (Lipinski definition) is 0. The summed E-state index contributed by atoms with van der Waals surface area (Å²) in [5, 5.41) is 10.5. The molecule has 0 aliphatic carbocycles. The van der Waals surface area contributed by atoms with Crippen molar-refractivity contribution in [1.29, 1.82) is 0 Å². The fourth-order valence-corrected chi connectivity index (χ4v) is 6.36. The quantitative estimate of drug-likeness (QED) is 0.199. The van der Waals surface area contributed by atoms with Gasteiger partial charge in [0, 0.05) is 20.9 Å². The number of benzene rings is 7. The fourth-order valence-electron chi connectivity index (χ4n) is 6.00. The third-order valence-electron chi connectivity index (χ3n) is 7.57. The van der Waals surface area contributed by atoms with Gasteiger partial charge in [-0.05, 0) is 79.8 Å². The average Bonchev–Trinajstić information content (AvgIpc) is 3.25. The van der Waals surface area contributed by atoms with Gasteiger partial charge in [-0.2, -0.15) is 0 Å². The van der Waals surface area contributed by atoms with Gasteiger partial charge < -0.3 is 4.57 Å². The molecule has 168 valence electrons. The average molecular weight is 522 g/mol. The van der Waals surface area contributed by atoms with Gasteiger partial charge in [0.05, 0.1) is 11.0 Å². The Bertz CT molecular complexity index is 2070. The first-order valence-corrected chi connectivity index (χ1v) is 13.0. The van der Waals surface area contributed by atoms with E-state index in [0.717, 1.165) is 4.47 Å². The number of nitrogens with zero attached hydrogens (tertiary/aromatic N) is 1. The van der Waals surface area contributed by atoms with Crippen molar-refractivity contribution in [3.63, 3.8) is 0 Å². The minimum Gasteiger partial charge on any atom is -0.309 e. The molecule has 0 saturated carbocycles. The predicted molar refractivity (Wildman–Crippen MR) is 158 cm³/mol. The summed E-state index contributed by atoms with van der Waals surface area (Å²) >= 11 is 3.74. The minimum atomic E-state index is 1.10. The van der Waals surface area contributed by atoms with Crippen LogP contribution in [0.5, 0.6) is 0 Å². The Morgan fingerprint density at radius 1 is 0.444 bits per heavy atom. The maximum atomic E-state index is 3.74. The maximum Gasteiger partial charge on any atom is 0.0553 e. The molecule has 0 radical (unpaired) electrons. The van der Waals surface area contributed by atoms with Gasteiger partial charge in [-0.15, -0.1) is 0 Å². The van der Waals surface area contributed by atoms with Crippen LogP contribution in [-0.2, 0) is 0 Å². The van der Waals surface area contributed by atoms with E-state index in [1.807, 2.05) is 0 Å². The van der Waals surface area contributed by atoms with Crippen LogP contribution in [0.4, 0.5) is 0 Å². The standard InChI is InChI=1S/C34H20BrN/c35-26-14-18-30-29(20-26)34-28-17-13-24-8-4-7-23-9-10-25(33(28)32(23)24)19-31(34)36(30)27-15-11-22(12-16-27)21-5-2-1-3-6-21/h1-20H. The second kappa shape index (κ2) is 7.43. The molecule has 1 nitrogen and oxygen atoms in total. The first-order valence-electron chi connectivity index (χ1n) is 12.2. The van der Waals surface area contributed by atoms with Crippen molar-refractivity contribution in [3.8, 4) is 16.8 Å². The Kier molecular flexibility index (Phi) is 4.15. The highest BCUT2D eigenvalue weighted by atomic mass is 79.9. The molecule has 1 heterocycles. The summed E-state index contributed by atoms with van der Waals surface area (Å²) in [6.45, 7) is 0. The second-order valence-corrected chi connectivity index (χ2v) is 10.5. The molecule has 0 amide bonds. The van der Waals surface area contributed by atoms with Crippen molar-refractivity contribution in [1.82, 2.24) is 4.57 Å². The molecular weight excluding hydrogens is 502 g/mol. The van der Waals surface area contributed by atoms with Crippen LogP contribution in [0.2, 0.25) is 0 Å². The van der Waals surface area contributed by atoms with E-state index in [0.29, 0.717) is 0 Å². The fraction of sp³-hybridized carbons (Fsp3) is 0. The predicted octanol–water partition coefficient (Wildman–Crippen LogP) is 10.1. The normalized spacial score (nSPS) is 12.0. The van der Waals surface area contributed by atoms with E-state index in [1.54, 1.807) is 0 Å². The molecule has 0 aliphatic heterocycles. The number of fused-ring (bicyclic) bond motifs is 4. The first-order chi connectivity index (χ1) is 17.8. The molecule has 8 aromatic rings. The number of aromatic nitrogens is 1. The molecule has 2 heteroatoms. The highest BCUT2D eigenvalue weighted by Gasteiger charge is 2.18. The monoisotopic (exact) mass is 521 g/mol. The van der Waals surface area contributed by atoms with Gasteiger partial charge in [-0.3, -0.25) is 0 Å². The molecule has 0 aliphatic rings. The number of rotatable bonds is 2. The molecule has 0 fully saturated rings. The third-order valence-corrected chi connectivity index (χ3v) is 8.06. The summed E-state index contributed by atoms with van der Waals surface area (Å²) in [5.74, 6) is 0. The Balaban J connectivity index is 1.50. The number of halogens is 1. The lowest BCUT2D eigenvalue weighted by atomic mass is 9.92. The molecule has 8 rings (SSSR count). The summed E-state index contributed by atoms with van der Waals surface area (Å²) in [6, 6.07) is 44.3. The van der Waals surface area contributed by atoms with E-state index in [9.17, 15) is 0 Å². The first kappa shape index (κ1) is 20.1. The van der Waals surface area contributed by atoms with Gasteiger partial charge in [0.1, 0.15) is 0 Å². The van der Waals surface area contributed by atoms with Crippen molar-refractivity contribution in [2.45, 2.75) is 0 Å². The Morgan fingerprint density at radius 2 is 1.17 bits per heavy atom. The van der Waals surface area contributed by atoms with Crippen LogP contribution in [0.3, 0.4) is 0 Å². The van der Waals surface area contributed by atoms with Crippen LogP contribution in [0, 0.1) is 0 Å². The molecule has 0 saturated heterocycles. The Morgan fingerprint density at radius 3 is 1.97 bits per heavy atom. The molecule has 0 N–H and O–H groups in total. The number of hydrogen-bond acceptors (Lipinski definition) is 0. The van der Waals surface area contributed by atoms with E-state index in [-0.39, 0.29) is 0 Å². The lowest BCUT2D eigenvalue weighted by Gasteiger charge is -2.13. The molecule has 1 aromatic heterocycles. The zero-order valence-corrected chi connectivity index (χ0v) is 21.0. The molecule has 7 aromatic carbocycles. The van der Waals surface area contributed by atoms with Gasteiger partial charge in [0.2, 0.25) is 0 Å². The van der Waals surface area contributed by atoms with Crippen LogP contribution in [0.15, 0.2) is 126 Å². The summed E-state index contributed by atoms with van der Waals surface area (Å²) in [7, 11) is 0. The van der Waals surface area contributed by atoms with Gasteiger partial charge in [-0.25, -0.2) is 0 Å². The van der Waals surface area contributed by atoms with Crippen molar-refractivity contribution < 1.29 is 0 Å². The van der Waals surface area contributed by atoms with Crippen molar-refractivity contribution >= 4 is 70.1 Å². The zero-order chi connectivity index (χ0) is 23.8. The second-order valence-electron chi connectivity index (χ2n) is 9.54. The van der Waals surface area contributed by atoms with E-state index in [1.165, 1.54) is 70.9 Å². The Labute approximate surface area is 216 Å². The van der Waals surface area contributed by atoms with E-state index < -0.39 is 0 Å². The van der Waals surface area contributed by atoms with Gasteiger partial charge in [-0.1, -0.05) is 101 Å². The van der Waals surface area contributed by atoms with Crippen LogP contribution >= 0.6 is 15.9 Å². The lowest BCUT2D eigenvalue weighted by Crippen LogP contribution is -1.94. The molecule has 0 spiro atoms. The molecule has 0 bridgehead atoms. The minimum absolute atomic E-state index is 1.10. The topological polar surface area (TPSA) is 4.93 Å². The van der Waals surface area contributed by atoms with Gasteiger partial charge in [0.25, 0.3) is 0 Å². The van der Waals surface area contributed by atoms with Crippen molar-refractivity contribution in [3.05, 3.63) is 126 Å². The van der Waals surface area contributed by atoms with E-state index in [4.69, 9.17) is 0 Å². The molecule has 0 unspecified atom stereocenters. The van der Waals surface area contributed by atoms with E-state index >= 15 is 0 Å². The lowest BCUT2D eigenvalue weighted by molar-refractivity contribution is 1.18. The van der Waals surface area contributed by atoms with Crippen molar-refractivity contribution in [2.75, 3.05) is 0 Å². The highest BCUT2D eigenvalue weighted by Crippen LogP contribution is 2.43.